The predicted molar refractivity (Wildman–Crippen MR) is 120 cm³/mol. The molecule has 0 N–H and O–H groups in total. The molecule has 2 heteroatoms. The van der Waals surface area contributed by atoms with Gasteiger partial charge in [0.05, 0.1) is 0 Å². The van der Waals surface area contributed by atoms with Crippen molar-refractivity contribution in [2.75, 3.05) is 0 Å². The van der Waals surface area contributed by atoms with E-state index in [4.69, 9.17) is 0 Å². The van der Waals surface area contributed by atoms with Gasteiger partial charge in [0, 0.05) is 0 Å². The van der Waals surface area contributed by atoms with E-state index < -0.39 is 0 Å². The third-order valence-corrected chi connectivity index (χ3v) is 11.5. The fourth-order valence-electron chi connectivity index (χ4n) is 4.35. The molecule has 0 saturated carbocycles. The summed E-state index contributed by atoms with van der Waals surface area (Å²) in [6, 6.07) is 21.0. The van der Waals surface area contributed by atoms with Crippen LogP contribution in [0.1, 0.15) is 38.8 Å². The fraction of sp³-hybridized carbons (Fsp3) is 0.333. The van der Waals surface area contributed by atoms with Crippen LogP contribution in [0, 0.1) is 0 Å². The van der Waals surface area contributed by atoms with Crippen molar-refractivity contribution in [2.24, 2.45) is 0 Å². The van der Waals surface area contributed by atoms with Crippen LogP contribution in [-0.4, -0.2) is 32.2 Å². The first-order valence-corrected chi connectivity index (χ1v) is 13.5. The first-order chi connectivity index (χ1) is 12.6. The topological polar surface area (TPSA) is 0 Å². The van der Waals surface area contributed by atoms with E-state index in [1.165, 1.54) is 12.8 Å². The molecule has 0 saturated heterocycles. The van der Waals surface area contributed by atoms with Gasteiger partial charge in [0.25, 0.3) is 0 Å². The van der Waals surface area contributed by atoms with Crippen molar-refractivity contribution in [3.8, 4) is 0 Å². The van der Waals surface area contributed by atoms with Crippen LogP contribution in [0.4, 0.5) is 0 Å². The Kier molecular flexibility index (Phi) is 5.43. The van der Waals surface area contributed by atoms with Crippen LogP contribution >= 0.6 is 7.92 Å². The van der Waals surface area contributed by atoms with Crippen molar-refractivity contribution in [2.45, 2.75) is 51.9 Å². The molecule has 0 radical (unpaired) electrons. The van der Waals surface area contributed by atoms with Crippen LogP contribution in [0.15, 0.2) is 54.6 Å². The summed E-state index contributed by atoms with van der Waals surface area (Å²) >= 11 is -0.357. The normalized spacial score (nSPS) is 13.5. The minimum atomic E-state index is -0.357. The second-order valence-electron chi connectivity index (χ2n) is 7.73. The van der Waals surface area contributed by atoms with Crippen molar-refractivity contribution >= 4 is 52.1 Å². The van der Waals surface area contributed by atoms with E-state index in [0.717, 1.165) is 11.3 Å². The molecular weight excluding hydrogens is 447 g/mol. The molecule has 0 nitrogen and oxygen atoms in total. The Hall–Kier alpha value is -0.860. The van der Waals surface area contributed by atoms with Gasteiger partial charge in [-0.1, -0.05) is 0 Å². The van der Waals surface area contributed by atoms with Gasteiger partial charge in [0.15, 0.2) is 0 Å². The molecule has 0 heterocycles. The van der Waals surface area contributed by atoms with Gasteiger partial charge in [-0.3, -0.25) is 0 Å². The average Bonchev–Trinajstić information content (AvgIpc) is 3.03. The molecule has 0 aliphatic heterocycles. The molecule has 26 heavy (non-hydrogen) atoms. The van der Waals surface area contributed by atoms with Crippen LogP contribution in [-0.2, 0) is 12.8 Å². The number of hydrogen-bond acceptors (Lipinski definition) is 0. The van der Waals surface area contributed by atoms with Crippen molar-refractivity contribution in [1.82, 2.24) is 0 Å². The Morgan fingerprint density at radius 1 is 0.731 bits per heavy atom. The van der Waals surface area contributed by atoms with Crippen LogP contribution in [0.2, 0.25) is 0 Å². The van der Waals surface area contributed by atoms with E-state index in [1.807, 2.05) is 0 Å². The molecule has 1 aliphatic carbocycles. The van der Waals surface area contributed by atoms with Crippen molar-refractivity contribution in [3.63, 3.8) is 0 Å². The molecule has 3 aromatic rings. The molecule has 0 atom stereocenters. The third-order valence-electron chi connectivity index (χ3n) is 5.30. The molecule has 0 bridgehead atoms. The zero-order valence-electron chi connectivity index (χ0n) is 16.1. The Bertz CT molecular complexity index is 910. The van der Waals surface area contributed by atoms with Gasteiger partial charge < -0.3 is 0 Å². The summed E-state index contributed by atoms with van der Waals surface area (Å²) in [5.41, 5.74) is 4.63. The molecule has 0 unspecified atom stereocenters. The molecule has 0 fully saturated rings. The van der Waals surface area contributed by atoms with Gasteiger partial charge in [-0.15, -0.1) is 0 Å². The Morgan fingerprint density at radius 3 is 1.96 bits per heavy atom. The van der Waals surface area contributed by atoms with Crippen molar-refractivity contribution < 1.29 is 0 Å². The zero-order valence-corrected chi connectivity index (χ0v) is 19.3. The van der Waals surface area contributed by atoms with Crippen molar-refractivity contribution in [3.05, 3.63) is 65.7 Å². The van der Waals surface area contributed by atoms with Crippen LogP contribution in [0.5, 0.6) is 0 Å². The predicted octanol–water partition coefficient (Wildman–Crippen LogP) is 4.52. The Morgan fingerprint density at radius 2 is 1.35 bits per heavy atom. The summed E-state index contributed by atoms with van der Waals surface area (Å²) in [6.45, 7) is 9.68. The van der Waals surface area contributed by atoms with E-state index >= 15 is 0 Å². The molecule has 4 rings (SSSR count). The zero-order chi connectivity index (χ0) is 18.3. The SMILES string of the molecule is CC(C)P(c1ccc2c3c(ccc([Te]c4ccccc4)c13)CC2)C(C)C. The number of rotatable bonds is 5. The van der Waals surface area contributed by atoms with E-state index in [2.05, 4.69) is 82.3 Å². The van der Waals surface area contributed by atoms with Gasteiger partial charge in [0.2, 0.25) is 0 Å². The second-order valence-corrected chi connectivity index (χ2v) is 14.3. The number of hydrogen-bond donors (Lipinski definition) is 0. The van der Waals surface area contributed by atoms with Crippen LogP contribution in [0.25, 0.3) is 10.8 Å². The van der Waals surface area contributed by atoms with Gasteiger partial charge in [-0.2, -0.15) is 0 Å². The third kappa shape index (κ3) is 3.36. The van der Waals surface area contributed by atoms with Crippen molar-refractivity contribution in [1.29, 1.82) is 0 Å². The molecular formula is C24H27PTe. The maximum absolute atomic E-state index is 2.50. The Labute approximate surface area is 169 Å². The van der Waals surface area contributed by atoms with Gasteiger partial charge in [-0.05, 0) is 0 Å². The first-order valence-electron chi connectivity index (χ1n) is 9.65. The number of aryl methyl sites for hydroxylation is 2. The van der Waals surface area contributed by atoms with E-state index in [9.17, 15) is 0 Å². The second kappa shape index (κ2) is 7.64. The quantitative estimate of drug-likeness (QED) is 0.377. The van der Waals surface area contributed by atoms with Gasteiger partial charge >= 0.3 is 170 Å². The van der Waals surface area contributed by atoms with E-state index in [1.54, 1.807) is 34.4 Å². The van der Waals surface area contributed by atoms with E-state index in [-0.39, 0.29) is 28.8 Å². The molecule has 0 spiro atoms. The summed E-state index contributed by atoms with van der Waals surface area (Å²) in [4.78, 5) is 0. The van der Waals surface area contributed by atoms with Gasteiger partial charge in [-0.25, -0.2) is 0 Å². The molecule has 3 aromatic carbocycles. The fourth-order valence-corrected chi connectivity index (χ4v) is 10.5. The summed E-state index contributed by atoms with van der Waals surface area (Å²) in [7, 11) is -0.141. The monoisotopic (exact) mass is 476 g/mol. The molecule has 0 amide bonds. The Balaban J connectivity index is 1.95. The summed E-state index contributed by atoms with van der Waals surface area (Å²) in [5.74, 6) is 0. The summed E-state index contributed by atoms with van der Waals surface area (Å²) in [5, 5.41) is 4.94. The molecule has 0 aromatic heterocycles. The summed E-state index contributed by atoms with van der Waals surface area (Å²) in [6.07, 6.45) is 2.45. The first kappa shape index (κ1) is 18.5. The van der Waals surface area contributed by atoms with Gasteiger partial charge in [0.1, 0.15) is 0 Å². The molecule has 134 valence electrons. The van der Waals surface area contributed by atoms with E-state index in [0.29, 0.717) is 0 Å². The number of benzene rings is 3. The average molecular weight is 474 g/mol. The maximum atomic E-state index is 2.50. The molecule has 1 aliphatic rings. The summed E-state index contributed by atoms with van der Waals surface area (Å²) < 4.78 is 3.19. The minimum absolute atomic E-state index is 0.141. The standard InChI is InChI=1S/C24H27PTe/c1-16(2)25(17(3)4)21-14-12-18-10-11-19-13-15-22(24(21)23(18)19)26-20-8-6-5-7-9-20/h5-9,12-17H,10-11H2,1-4H3. The van der Waals surface area contributed by atoms with Crippen LogP contribution in [0.3, 0.4) is 0 Å². The van der Waals surface area contributed by atoms with Crippen LogP contribution < -0.4 is 12.5 Å².